The average molecular weight is 353 g/mol. The Balaban J connectivity index is 1.90. The van der Waals surface area contributed by atoms with E-state index in [1.54, 1.807) is 24.3 Å². The summed E-state index contributed by atoms with van der Waals surface area (Å²) in [5.41, 5.74) is 1.50. The number of halogens is 1. The molecule has 0 unspecified atom stereocenters. The van der Waals surface area contributed by atoms with E-state index in [1.807, 2.05) is 30.3 Å². The summed E-state index contributed by atoms with van der Waals surface area (Å²) in [5, 5.41) is 11.5. The number of carbonyl (C=O) groups excluding carboxylic acids is 1. The van der Waals surface area contributed by atoms with E-state index in [4.69, 9.17) is 0 Å². The van der Waals surface area contributed by atoms with Crippen LogP contribution in [-0.2, 0) is 0 Å². The molecule has 0 aliphatic carbocycles. The maximum Gasteiger partial charge on any atom is 0.185 e. The molecule has 0 aromatic heterocycles. The van der Waals surface area contributed by atoms with Crippen molar-refractivity contribution < 1.29 is 9.90 Å². The molecule has 0 atom stereocenters. The third-order valence-electron chi connectivity index (χ3n) is 3.46. The van der Waals surface area contributed by atoms with Gasteiger partial charge in [-0.05, 0) is 68.7 Å². The number of phenols is 1. The van der Waals surface area contributed by atoms with Gasteiger partial charge in [-0.2, -0.15) is 0 Å². The fourth-order valence-electron chi connectivity index (χ4n) is 2.27. The van der Waals surface area contributed by atoms with E-state index in [9.17, 15) is 9.90 Å². The first kappa shape index (κ1) is 14.5. The van der Waals surface area contributed by atoms with E-state index >= 15 is 0 Å². The van der Waals surface area contributed by atoms with Crippen molar-refractivity contribution in [3.63, 3.8) is 0 Å². The molecule has 3 aromatic carbocycles. The number of rotatable bonds is 3. The van der Waals surface area contributed by atoms with Crippen LogP contribution in [0.25, 0.3) is 16.8 Å². The van der Waals surface area contributed by atoms with Crippen molar-refractivity contribution in [3.8, 4) is 5.75 Å². The predicted molar refractivity (Wildman–Crippen MR) is 93.1 cm³/mol. The molecule has 2 nitrogen and oxygen atoms in total. The molecule has 0 bridgehead atoms. The van der Waals surface area contributed by atoms with Gasteiger partial charge in [0, 0.05) is 10.0 Å². The van der Waals surface area contributed by atoms with Gasteiger partial charge in [0.2, 0.25) is 0 Å². The number of phenolic OH excluding ortho intramolecular Hbond substituents is 1. The summed E-state index contributed by atoms with van der Waals surface area (Å²) < 4.78 is 0.973. The van der Waals surface area contributed by atoms with Gasteiger partial charge in [0.25, 0.3) is 0 Å². The molecule has 3 aromatic rings. The SMILES string of the molecule is O=C(C=Cc1ccc2ccccc2c1Br)c1ccc(O)cc1. The third-order valence-corrected chi connectivity index (χ3v) is 4.34. The van der Waals surface area contributed by atoms with Crippen LogP contribution in [0.4, 0.5) is 0 Å². The van der Waals surface area contributed by atoms with Crippen LogP contribution in [0.3, 0.4) is 0 Å². The highest BCUT2D eigenvalue weighted by atomic mass is 79.9. The Morgan fingerprint density at radius 3 is 2.45 bits per heavy atom. The van der Waals surface area contributed by atoms with Gasteiger partial charge < -0.3 is 5.11 Å². The molecule has 0 spiro atoms. The zero-order valence-corrected chi connectivity index (χ0v) is 13.2. The fourth-order valence-corrected chi connectivity index (χ4v) is 2.89. The van der Waals surface area contributed by atoms with Crippen molar-refractivity contribution in [1.82, 2.24) is 0 Å². The van der Waals surface area contributed by atoms with E-state index in [1.165, 1.54) is 12.1 Å². The first-order valence-electron chi connectivity index (χ1n) is 6.84. The Bertz CT molecular complexity index is 864. The Kier molecular flexibility index (Phi) is 4.07. The smallest absolute Gasteiger partial charge is 0.185 e. The molecule has 0 aliphatic rings. The molecule has 0 heterocycles. The number of hydrogen-bond acceptors (Lipinski definition) is 2. The van der Waals surface area contributed by atoms with Crippen molar-refractivity contribution in [2.75, 3.05) is 0 Å². The predicted octanol–water partition coefficient (Wildman–Crippen LogP) is 5.20. The summed E-state index contributed by atoms with van der Waals surface area (Å²) >= 11 is 3.60. The highest BCUT2D eigenvalue weighted by Gasteiger charge is 2.04. The summed E-state index contributed by atoms with van der Waals surface area (Å²) in [6.45, 7) is 0. The van der Waals surface area contributed by atoms with E-state index in [0.29, 0.717) is 5.56 Å². The quantitative estimate of drug-likeness (QED) is 0.519. The first-order chi connectivity index (χ1) is 10.6. The van der Waals surface area contributed by atoms with Gasteiger partial charge in [-0.3, -0.25) is 4.79 Å². The maximum absolute atomic E-state index is 12.1. The highest BCUT2D eigenvalue weighted by Crippen LogP contribution is 2.28. The van der Waals surface area contributed by atoms with E-state index < -0.39 is 0 Å². The Morgan fingerprint density at radius 2 is 1.68 bits per heavy atom. The van der Waals surface area contributed by atoms with Crippen LogP contribution < -0.4 is 0 Å². The van der Waals surface area contributed by atoms with Crippen molar-refractivity contribution in [1.29, 1.82) is 0 Å². The van der Waals surface area contributed by atoms with E-state index in [0.717, 1.165) is 20.8 Å². The molecule has 0 saturated carbocycles. The number of allylic oxidation sites excluding steroid dienone is 1. The zero-order chi connectivity index (χ0) is 15.5. The van der Waals surface area contributed by atoms with Gasteiger partial charge in [0.1, 0.15) is 5.75 Å². The minimum absolute atomic E-state index is 0.0972. The lowest BCUT2D eigenvalue weighted by Crippen LogP contribution is -1.93. The molecule has 0 fully saturated rings. The van der Waals surface area contributed by atoms with Gasteiger partial charge in [-0.1, -0.05) is 36.4 Å². The largest absolute Gasteiger partial charge is 0.508 e. The average Bonchev–Trinajstić information content (AvgIpc) is 2.55. The molecule has 3 heteroatoms. The molecule has 22 heavy (non-hydrogen) atoms. The third kappa shape index (κ3) is 2.95. The fraction of sp³-hybridized carbons (Fsp3) is 0. The van der Waals surface area contributed by atoms with Crippen LogP contribution in [0.5, 0.6) is 5.75 Å². The number of hydrogen-bond donors (Lipinski definition) is 1. The maximum atomic E-state index is 12.1. The molecule has 0 aliphatic heterocycles. The van der Waals surface area contributed by atoms with Crippen LogP contribution in [-0.4, -0.2) is 10.9 Å². The second-order valence-corrected chi connectivity index (χ2v) is 5.73. The molecular weight excluding hydrogens is 340 g/mol. The molecule has 0 radical (unpaired) electrons. The van der Waals surface area contributed by atoms with Gasteiger partial charge >= 0.3 is 0 Å². The van der Waals surface area contributed by atoms with Crippen LogP contribution in [0, 0.1) is 0 Å². The van der Waals surface area contributed by atoms with Crippen LogP contribution >= 0.6 is 15.9 Å². The lowest BCUT2D eigenvalue weighted by molar-refractivity contribution is 0.104. The minimum atomic E-state index is -0.0972. The molecule has 1 N–H and O–H groups in total. The van der Waals surface area contributed by atoms with Crippen molar-refractivity contribution >= 4 is 38.6 Å². The summed E-state index contributed by atoms with van der Waals surface area (Å²) in [4.78, 5) is 12.1. The number of carbonyl (C=O) groups is 1. The van der Waals surface area contributed by atoms with E-state index in [2.05, 4.69) is 22.0 Å². The monoisotopic (exact) mass is 352 g/mol. The Hall–Kier alpha value is -2.39. The number of aromatic hydroxyl groups is 1. The molecule has 3 rings (SSSR count). The number of fused-ring (bicyclic) bond motifs is 1. The van der Waals surface area contributed by atoms with Crippen molar-refractivity contribution in [2.24, 2.45) is 0 Å². The summed E-state index contributed by atoms with van der Waals surface area (Å²) in [6.07, 6.45) is 3.34. The lowest BCUT2D eigenvalue weighted by Gasteiger charge is -2.04. The zero-order valence-electron chi connectivity index (χ0n) is 11.7. The number of benzene rings is 3. The van der Waals surface area contributed by atoms with Gasteiger partial charge in [-0.15, -0.1) is 0 Å². The lowest BCUT2D eigenvalue weighted by atomic mass is 10.1. The molecular formula is C19H13BrO2. The van der Waals surface area contributed by atoms with Gasteiger partial charge in [-0.25, -0.2) is 0 Å². The highest BCUT2D eigenvalue weighted by molar-refractivity contribution is 9.10. The molecule has 0 saturated heterocycles. The standard InChI is InChI=1S/C19H13BrO2/c20-19-15(6-5-13-3-1-2-4-17(13)19)9-12-18(22)14-7-10-16(21)11-8-14/h1-12,21H. The van der Waals surface area contributed by atoms with Gasteiger partial charge in [0.15, 0.2) is 5.78 Å². The molecule has 0 amide bonds. The van der Waals surface area contributed by atoms with Crippen LogP contribution in [0.2, 0.25) is 0 Å². The van der Waals surface area contributed by atoms with Crippen molar-refractivity contribution in [2.45, 2.75) is 0 Å². The minimum Gasteiger partial charge on any atom is -0.508 e. The van der Waals surface area contributed by atoms with Crippen LogP contribution in [0.15, 0.2) is 71.2 Å². The van der Waals surface area contributed by atoms with Crippen molar-refractivity contribution in [3.05, 3.63) is 82.3 Å². The Morgan fingerprint density at radius 1 is 0.955 bits per heavy atom. The summed E-state index contributed by atoms with van der Waals surface area (Å²) in [5.74, 6) is 0.0536. The summed E-state index contributed by atoms with van der Waals surface area (Å²) in [7, 11) is 0. The van der Waals surface area contributed by atoms with Gasteiger partial charge in [0.05, 0.1) is 0 Å². The van der Waals surface area contributed by atoms with Crippen LogP contribution in [0.1, 0.15) is 15.9 Å². The molecule has 108 valence electrons. The van der Waals surface area contributed by atoms with E-state index in [-0.39, 0.29) is 11.5 Å². The summed E-state index contributed by atoms with van der Waals surface area (Å²) in [6, 6.07) is 18.3. The topological polar surface area (TPSA) is 37.3 Å². The number of ketones is 1. The second kappa shape index (κ2) is 6.16. The normalized spacial score (nSPS) is 11.1. The first-order valence-corrected chi connectivity index (χ1v) is 7.63. The Labute approximate surface area is 136 Å². The second-order valence-electron chi connectivity index (χ2n) is 4.93.